The number of rotatable bonds is 4. The molecule has 6 nitrogen and oxygen atoms in total. The topological polar surface area (TPSA) is 76.3 Å². The molecule has 0 spiro atoms. The lowest BCUT2D eigenvalue weighted by Crippen LogP contribution is -2.48. The molecule has 1 saturated heterocycles. The number of hydrogen-bond donors (Lipinski definition) is 0. The van der Waals surface area contributed by atoms with Gasteiger partial charge in [0, 0.05) is 19.0 Å². The number of aromatic nitrogens is 2. The van der Waals surface area contributed by atoms with Gasteiger partial charge in [0.2, 0.25) is 15.9 Å². The van der Waals surface area contributed by atoms with Crippen molar-refractivity contribution in [2.75, 3.05) is 13.1 Å². The van der Waals surface area contributed by atoms with Crippen molar-refractivity contribution in [2.45, 2.75) is 30.6 Å². The van der Waals surface area contributed by atoms with Crippen molar-refractivity contribution in [2.24, 2.45) is 0 Å². The second kappa shape index (κ2) is 5.44. The normalized spacial score (nSPS) is 16.9. The van der Waals surface area contributed by atoms with Gasteiger partial charge in [-0.1, -0.05) is 25.1 Å². The van der Waals surface area contributed by atoms with E-state index in [0.29, 0.717) is 11.7 Å². The molecular weight excluding hydrogens is 309 g/mol. The Hall–Kier alpha value is -1.80. The fraction of sp³-hybridized carbons (Fsp3) is 0.429. The maximum absolute atomic E-state index is 13.2. The number of hydrogen-bond acceptors (Lipinski definition) is 5. The Morgan fingerprint density at radius 2 is 2.09 bits per heavy atom. The quantitative estimate of drug-likeness (QED) is 0.860. The Morgan fingerprint density at radius 3 is 2.68 bits per heavy atom. The minimum atomic E-state index is -3.67. The third kappa shape index (κ3) is 2.64. The van der Waals surface area contributed by atoms with E-state index in [1.165, 1.54) is 22.5 Å². The molecule has 0 atom stereocenters. The van der Waals surface area contributed by atoms with Crippen LogP contribution in [0.3, 0.4) is 0 Å². The second-order valence-electron chi connectivity index (χ2n) is 5.62. The number of benzene rings is 1. The number of halogens is 1. The zero-order valence-corrected chi connectivity index (χ0v) is 13.0. The summed E-state index contributed by atoms with van der Waals surface area (Å²) in [6.07, 6.45) is 0. The van der Waals surface area contributed by atoms with Gasteiger partial charge in [0.15, 0.2) is 5.82 Å². The monoisotopic (exact) mass is 325 g/mol. The lowest BCUT2D eigenvalue weighted by Gasteiger charge is -2.35. The predicted octanol–water partition coefficient (Wildman–Crippen LogP) is 2.12. The van der Waals surface area contributed by atoms with Crippen LogP contribution in [0.15, 0.2) is 33.7 Å². The minimum absolute atomic E-state index is 0.0423. The Kier molecular flexibility index (Phi) is 3.73. The Balaban J connectivity index is 1.72. The van der Waals surface area contributed by atoms with Crippen LogP contribution in [0.1, 0.15) is 37.4 Å². The lowest BCUT2D eigenvalue weighted by molar-refractivity contribution is 0.216. The summed E-state index contributed by atoms with van der Waals surface area (Å²) >= 11 is 0. The summed E-state index contributed by atoms with van der Waals surface area (Å²) in [6.45, 7) is 4.43. The SMILES string of the molecule is CC(C)c1noc(C2CN(S(=O)(=O)c3cccc(F)c3)C2)n1. The third-order valence-corrected chi connectivity index (χ3v) is 5.43. The maximum Gasteiger partial charge on any atom is 0.243 e. The van der Waals surface area contributed by atoms with Crippen molar-refractivity contribution in [3.8, 4) is 0 Å². The largest absolute Gasteiger partial charge is 0.339 e. The van der Waals surface area contributed by atoms with Gasteiger partial charge in [0.1, 0.15) is 5.82 Å². The van der Waals surface area contributed by atoms with E-state index in [-0.39, 0.29) is 29.8 Å². The molecule has 2 aromatic rings. The molecule has 1 aliphatic rings. The summed E-state index contributed by atoms with van der Waals surface area (Å²) in [4.78, 5) is 4.23. The predicted molar refractivity (Wildman–Crippen MR) is 76.3 cm³/mol. The molecule has 1 aliphatic heterocycles. The van der Waals surface area contributed by atoms with Crippen molar-refractivity contribution < 1.29 is 17.3 Å². The van der Waals surface area contributed by atoms with Gasteiger partial charge in [-0.2, -0.15) is 9.29 Å². The highest BCUT2D eigenvalue weighted by atomic mass is 32.2. The summed E-state index contributed by atoms with van der Waals surface area (Å²) in [6, 6.07) is 5.00. The van der Waals surface area contributed by atoms with Crippen molar-refractivity contribution in [3.05, 3.63) is 41.8 Å². The van der Waals surface area contributed by atoms with Gasteiger partial charge in [-0.25, -0.2) is 12.8 Å². The Morgan fingerprint density at radius 1 is 1.36 bits per heavy atom. The molecule has 0 amide bonds. The van der Waals surface area contributed by atoms with Gasteiger partial charge in [-0.05, 0) is 18.2 Å². The summed E-state index contributed by atoms with van der Waals surface area (Å²) in [5.41, 5.74) is 0. The van der Waals surface area contributed by atoms with Gasteiger partial charge in [-0.15, -0.1) is 0 Å². The van der Waals surface area contributed by atoms with Gasteiger partial charge >= 0.3 is 0 Å². The van der Waals surface area contributed by atoms with E-state index in [9.17, 15) is 12.8 Å². The standard InChI is InChI=1S/C14H16FN3O3S/c1-9(2)13-16-14(21-17-13)10-7-18(8-10)22(19,20)12-5-3-4-11(15)6-12/h3-6,9-10H,7-8H2,1-2H3. The van der Waals surface area contributed by atoms with Crippen LogP contribution in [-0.2, 0) is 10.0 Å². The highest BCUT2D eigenvalue weighted by Gasteiger charge is 2.40. The van der Waals surface area contributed by atoms with E-state index in [0.717, 1.165) is 6.07 Å². The average Bonchev–Trinajstić information content (AvgIpc) is 2.86. The molecule has 0 N–H and O–H groups in total. The number of nitrogens with zero attached hydrogens (tertiary/aromatic N) is 3. The van der Waals surface area contributed by atoms with Crippen LogP contribution in [0.2, 0.25) is 0 Å². The lowest BCUT2D eigenvalue weighted by atomic mass is 10.0. The van der Waals surface area contributed by atoms with Gasteiger partial charge in [-0.3, -0.25) is 0 Å². The van der Waals surface area contributed by atoms with Crippen molar-refractivity contribution in [1.82, 2.24) is 14.4 Å². The van der Waals surface area contributed by atoms with Crippen LogP contribution in [0.4, 0.5) is 4.39 Å². The van der Waals surface area contributed by atoms with Gasteiger partial charge in [0.25, 0.3) is 0 Å². The van der Waals surface area contributed by atoms with Gasteiger partial charge in [0.05, 0.1) is 10.8 Å². The van der Waals surface area contributed by atoms with Crippen LogP contribution in [-0.4, -0.2) is 36.0 Å². The summed E-state index contributed by atoms with van der Waals surface area (Å²) < 4.78 is 44.3. The van der Waals surface area contributed by atoms with Crippen molar-refractivity contribution in [1.29, 1.82) is 0 Å². The van der Waals surface area contributed by atoms with E-state index < -0.39 is 15.8 Å². The smallest absolute Gasteiger partial charge is 0.243 e. The van der Waals surface area contributed by atoms with Crippen molar-refractivity contribution >= 4 is 10.0 Å². The molecule has 1 aromatic carbocycles. The second-order valence-corrected chi connectivity index (χ2v) is 7.56. The molecule has 0 unspecified atom stereocenters. The molecule has 0 aliphatic carbocycles. The first-order valence-corrected chi connectivity index (χ1v) is 8.41. The molecule has 118 valence electrons. The third-order valence-electron chi connectivity index (χ3n) is 3.60. The molecule has 22 heavy (non-hydrogen) atoms. The summed E-state index contributed by atoms with van der Waals surface area (Å²) in [5, 5.41) is 3.87. The van der Waals surface area contributed by atoms with Crippen LogP contribution in [0.5, 0.6) is 0 Å². The molecule has 0 radical (unpaired) electrons. The van der Waals surface area contributed by atoms with Crippen molar-refractivity contribution in [3.63, 3.8) is 0 Å². The average molecular weight is 325 g/mol. The van der Waals surface area contributed by atoms with E-state index >= 15 is 0 Å². The van der Waals surface area contributed by atoms with Crippen LogP contribution in [0, 0.1) is 5.82 Å². The minimum Gasteiger partial charge on any atom is -0.339 e. The van der Waals surface area contributed by atoms with Crippen LogP contribution in [0.25, 0.3) is 0 Å². The molecule has 3 rings (SSSR count). The van der Waals surface area contributed by atoms with E-state index in [4.69, 9.17) is 4.52 Å². The highest BCUT2D eigenvalue weighted by Crippen LogP contribution is 2.31. The molecular formula is C14H16FN3O3S. The van der Waals surface area contributed by atoms with Crippen LogP contribution < -0.4 is 0 Å². The summed E-state index contributed by atoms with van der Waals surface area (Å²) in [7, 11) is -3.67. The zero-order valence-electron chi connectivity index (χ0n) is 12.2. The first-order chi connectivity index (χ1) is 10.4. The highest BCUT2D eigenvalue weighted by molar-refractivity contribution is 7.89. The fourth-order valence-corrected chi connectivity index (χ4v) is 3.78. The Bertz CT molecular complexity index is 782. The van der Waals surface area contributed by atoms with E-state index in [1.54, 1.807) is 0 Å². The first kappa shape index (κ1) is 15.1. The van der Waals surface area contributed by atoms with Gasteiger partial charge < -0.3 is 4.52 Å². The molecule has 0 saturated carbocycles. The molecule has 1 fully saturated rings. The van der Waals surface area contributed by atoms with E-state index in [2.05, 4.69) is 10.1 Å². The fourth-order valence-electron chi connectivity index (χ4n) is 2.21. The molecule has 1 aromatic heterocycles. The zero-order chi connectivity index (χ0) is 15.9. The molecule has 0 bridgehead atoms. The summed E-state index contributed by atoms with van der Waals surface area (Å²) in [5.74, 6) is 0.542. The molecule has 2 heterocycles. The Labute approximate surface area is 128 Å². The van der Waals surface area contributed by atoms with Crippen LogP contribution >= 0.6 is 0 Å². The van der Waals surface area contributed by atoms with E-state index in [1.807, 2.05) is 13.8 Å². The first-order valence-electron chi connectivity index (χ1n) is 6.97. The number of sulfonamides is 1. The molecule has 8 heteroatoms. The maximum atomic E-state index is 13.2.